The molecule has 156 valence electrons. The molecule has 0 bridgehead atoms. The molecular formula is C20H20FN5O3S. The van der Waals surface area contributed by atoms with Crippen molar-refractivity contribution < 1.29 is 17.6 Å². The number of aromatic nitrogens is 3. The highest BCUT2D eigenvalue weighted by molar-refractivity contribution is 7.89. The van der Waals surface area contributed by atoms with Crippen LogP contribution in [0.5, 0.6) is 0 Å². The van der Waals surface area contributed by atoms with Crippen LogP contribution in [-0.4, -0.2) is 46.5 Å². The van der Waals surface area contributed by atoms with E-state index < -0.39 is 21.8 Å². The number of rotatable bonds is 5. The first-order valence-corrected chi connectivity index (χ1v) is 10.9. The molecule has 1 amide bonds. The number of carbonyl (C=O) groups excluding carboxylic acids is 1. The van der Waals surface area contributed by atoms with Gasteiger partial charge in [0.25, 0.3) is 0 Å². The van der Waals surface area contributed by atoms with Gasteiger partial charge in [-0.05, 0) is 43.2 Å². The van der Waals surface area contributed by atoms with E-state index in [-0.39, 0.29) is 23.0 Å². The van der Waals surface area contributed by atoms with Crippen molar-refractivity contribution in [2.45, 2.75) is 17.7 Å². The Balaban J connectivity index is 1.46. The molecular weight excluding hydrogens is 409 g/mol. The molecule has 1 unspecified atom stereocenters. The fourth-order valence-corrected chi connectivity index (χ4v) is 5.01. The van der Waals surface area contributed by atoms with Gasteiger partial charge in [0.05, 0.1) is 10.8 Å². The second-order valence-electron chi connectivity index (χ2n) is 7.01. The molecule has 1 aromatic heterocycles. The topological polar surface area (TPSA) is 97.2 Å². The normalized spacial score (nSPS) is 17.6. The van der Waals surface area contributed by atoms with E-state index in [1.54, 1.807) is 36.4 Å². The first-order chi connectivity index (χ1) is 14.4. The summed E-state index contributed by atoms with van der Waals surface area (Å²) in [7, 11) is -3.66. The minimum absolute atomic E-state index is 0.0859. The van der Waals surface area contributed by atoms with Gasteiger partial charge < -0.3 is 5.32 Å². The van der Waals surface area contributed by atoms with Crippen molar-refractivity contribution in [2.24, 2.45) is 5.92 Å². The number of sulfonamides is 1. The number of nitrogens with one attached hydrogen (secondary N) is 1. The fraction of sp³-hybridized carbons (Fsp3) is 0.250. The lowest BCUT2D eigenvalue weighted by molar-refractivity contribution is -0.120. The molecule has 0 spiro atoms. The highest BCUT2D eigenvalue weighted by atomic mass is 32.2. The summed E-state index contributed by atoms with van der Waals surface area (Å²) in [6, 6.07) is 12.4. The summed E-state index contributed by atoms with van der Waals surface area (Å²) in [6.45, 7) is 0.449. The third-order valence-electron chi connectivity index (χ3n) is 5.02. The largest absolute Gasteiger partial charge is 0.326 e. The summed E-state index contributed by atoms with van der Waals surface area (Å²) in [5.41, 5.74) is 0.507. The number of halogens is 1. The third kappa shape index (κ3) is 4.10. The van der Waals surface area contributed by atoms with Crippen molar-refractivity contribution in [1.82, 2.24) is 19.1 Å². The van der Waals surface area contributed by atoms with E-state index in [0.29, 0.717) is 25.1 Å². The summed E-state index contributed by atoms with van der Waals surface area (Å²) in [5, 5.41) is 6.57. The van der Waals surface area contributed by atoms with Crippen LogP contribution in [0.1, 0.15) is 12.8 Å². The minimum atomic E-state index is -3.66. The lowest BCUT2D eigenvalue weighted by Crippen LogP contribution is -2.43. The maximum absolute atomic E-state index is 14.4. The summed E-state index contributed by atoms with van der Waals surface area (Å²) >= 11 is 0. The zero-order chi connectivity index (χ0) is 21.1. The molecule has 4 rings (SSSR count). The smallest absolute Gasteiger partial charge is 0.243 e. The van der Waals surface area contributed by atoms with Gasteiger partial charge in [0, 0.05) is 18.8 Å². The second kappa shape index (κ2) is 8.33. The van der Waals surface area contributed by atoms with Crippen molar-refractivity contribution in [3.05, 3.63) is 67.0 Å². The van der Waals surface area contributed by atoms with Gasteiger partial charge in [-0.25, -0.2) is 22.5 Å². The zero-order valence-electron chi connectivity index (χ0n) is 16.0. The Bertz CT molecular complexity index is 1140. The van der Waals surface area contributed by atoms with Crippen LogP contribution in [0.25, 0.3) is 5.69 Å². The Morgan fingerprint density at radius 2 is 1.97 bits per heavy atom. The lowest BCUT2D eigenvalue weighted by atomic mass is 9.98. The van der Waals surface area contributed by atoms with E-state index in [1.807, 2.05) is 0 Å². The van der Waals surface area contributed by atoms with Crippen molar-refractivity contribution >= 4 is 21.6 Å². The highest BCUT2D eigenvalue weighted by Crippen LogP contribution is 2.25. The van der Waals surface area contributed by atoms with Gasteiger partial charge in [-0.3, -0.25) is 4.79 Å². The Kier molecular flexibility index (Phi) is 5.60. The molecule has 1 aliphatic rings. The monoisotopic (exact) mass is 429 g/mol. The van der Waals surface area contributed by atoms with Crippen LogP contribution in [0.4, 0.5) is 10.1 Å². The molecule has 10 heteroatoms. The number of piperidine rings is 1. The molecule has 1 atom stereocenters. The Morgan fingerprint density at radius 1 is 1.17 bits per heavy atom. The van der Waals surface area contributed by atoms with Crippen LogP contribution >= 0.6 is 0 Å². The van der Waals surface area contributed by atoms with Gasteiger partial charge in [0.15, 0.2) is 5.82 Å². The second-order valence-corrected chi connectivity index (χ2v) is 8.95. The van der Waals surface area contributed by atoms with Gasteiger partial charge >= 0.3 is 0 Å². The number of nitrogens with zero attached hydrogens (tertiary/aromatic N) is 4. The molecule has 2 aromatic carbocycles. The fourth-order valence-electron chi connectivity index (χ4n) is 3.46. The van der Waals surface area contributed by atoms with Crippen LogP contribution in [0.2, 0.25) is 0 Å². The van der Waals surface area contributed by atoms with Crippen LogP contribution in [0.15, 0.2) is 66.1 Å². The lowest BCUT2D eigenvalue weighted by Gasteiger charge is -2.31. The number of hydrogen-bond donors (Lipinski definition) is 1. The molecule has 1 aliphatic heterocycles. The molecule has 3 aromatic rings. The number of carbonyl (C=O) groups is 1. The average molecular weight is 429 g/mol. The van der Waals surface area contributed by atoms with E-state index in [4.69, 9.17) is 0 Å². The molecule has 1 N–H and O–H groups in total. The summed E-state index contributed by atoms with van der Waals surface area (Å²) < 4.78 is 42.7. The van der Waals surface area contributed by atoms with Crippen LogP contribution < -0.4 is 5.32 Å². The van der Waals surface area contributed by atoms with Gasteiger partial charge in [-0.1, -0.05) is 18.2 Å². The number of amides is 1. The first kappa shape index (κ1) is 20.2. The number of anilines is 1. The van der Waals surface area contributed by atoms with Crippen molar-refractivity contribution in [2.75, 3.05) is 18.4 Å². The summed E-state index contributed by atoms with van der Waals surface area (Å²) in [5.74, 6) is -1.42. The molecule has 0 radical (unpaired) electrons. The van der Waals surface area contributed by atoms with Crippen LogP contribution in [0, 0.1) is 11.7 Å². The predicted molar refractivity (Wildman–Crippen MR) is 108 cm³/mol. The van der Waals surface area contributed by atoms with E-state index >= 15 is 0 Å². The van der Waals surface area contributed by atoms with E-state index in [9.17, 15) is 17.6 Å². The quantitative estimate of drug-likeness (QED) is 0.672. The predicted octanol–water partition coefficient (Wildman–Crippen LogP) is 2.45. The van der Waals surface area contributed by atoms with Gasteiger partial charge in [-0.15, -0.1) is 0 Å². The molecule has 0 saturated carbocycles. The van der Waals surface area contributed by atoms with E-state index in [1.165, 1.54) is 33.8 Å². The van der Waals surface area contributed by atoms with Crippen LogP contribution in [0.3, 0.4) is 0 Å². The van der Waals surface area contributed by atoms with Crippen molar-refractivity contribution in [3.8, 4) is 5.69 Å². The van der Waals surface area contributed by atoms with Crippen molar-refractivity contribution in [1.29, 1.82) is 0 Å². The molecule has 2 heterocycles. The maximum atomic E-state index is 14.4. The minimum Gasteiger partial charge on any atom is -0.326 e. The Hall–Kier alpha value is -3.11. The molecule has 30 heavy (non-hydrogen) atoms. The third-order valence-corrected chi connectivity index (χ3v) is 6.90. The zero-order valence-corrected chi connectivity index (χ0v) is 16.8. The molecule has 1 fully saturated rings. The average Bonchev–Trinajstić information content (AvgIpc) is 3.29. The molecule has 8 nitrogen and oxygen atoms in total. The Morgan fingerprint density at radius 3 is 2.67 bits per heavy atom. The van der Waals surface area contributed by atoms with Crippen molar-refractivity contribution in [3.63, 3.8) is 0 Å². The summed E-state index contributed by atoms with van der Waals surface area (Å²) in [4.78, 5) is 16.7. The Labute approximate surface area is 173 Å². The number of benzene rings is 2. The van der Waals surface area contributed by atoms with Crippen LogP contribution in [-0.2, 0) is 14.8 Å². The number of hydrogen-bond acceptors (Lipinski definition) is 5. The van der Waals surface area contributed by atoms with E-state index in [2.05, 4.69) is 15.4 Å². The van der Waals surface area contributed by atoms with Gasteiger partial charge in [0.1, 0.15) is 18.3 Å². The standard InChI is InChI=1S/C20H20FN5O3S/c21-18-11-16(8-9-19(18)26-14-22-13-23-26)24-20(27)15-5-4-10-25(12-15)30(28,29)17-6-2-1-3-7-17/h1-3,6-9,11,13-15H,4-5,10,12H2,(H,24,27). The SMILES string of the molecule is O=C(Nc1ccc(-n2cncn2)c(F)c1)C1CCCN(S(=O)(=O)c2ccccc2)C1. The summed E-state index contributed by atoms with van der Waals surface area (Å²) in [6.07, 6.45) is 3.81. The first-order valence-electron chi connectivity index (χ1n) is 9.46. The van der Waals surface area contributed by atoms with Gasteiger partial charge in [-0.2, -0.15) is 9.40 Å². The van der Waals surface area contributed by atoms with Gasteiger partial charge in [0.2, 0.25) is 15.9 Å². The molecule has 1 saturated heterocycles. The maximum Gasteiger partial charge on any atom is 0.243 e. The highest BCUT2D eigenvalue weighted by Gasteiger charge is 2.33. The van der Waals surface area contributed by atoms with E-state index in [0.717, 1.165) is 0 Å². The molecule has 0 aliphatic carbocycles.